The van der Waals surface area contributed by atoms with Gasteiger partial charge in [-0.2, -0.15) is 0 Å². The van der Waals surface area contributed by atoms with E-state index in [1.807, 2.05) is 31.2 Å². The smallest absolute Gasteiger partial charge is 0.224 e. The second-order valence-corrected chi connectivity index (χ2v) is 9.07. The van der Waals surface area contributed by atoms with Crippen LogP contribution in [-0.4, -0.2) is 45.0 Å². The molecule has 2 N–H and O–H groups in total. The molecule has 35 heavy (non-hydrogen) atoms. The van der Waals surface area contributed by atoms with Crippen molar-refractivity contribution in [3.05, 3.63) is 81.0 Å². The molecule has 0 fully saturated rings. The van der Waals surface area contributed by atoms with Crippen LogP contribution >= 0.6 is 22.6 Å². The molecule has 0 spiro atoms. The highest BCUT2D eigenvalue weighted by atomic mass is 127. The van der Waals surface area contributed by atoms with Crippen molar-refractivity contribution in [2.75, 3.05) is 34.0 Å². The van der Waals surface area contributed by atoms with Crippen LogP contribution in [0.1, 0.15) is 30.0 Å². The van der Waals surface area contributed by atoms with E-state index in [0.29, 0.717) is 30.2 Å². The van der Waals surface area contributed by atoms with E-state index >= 15 is 0 Å². The van der Waals surface area contributed by atoms with Crippen molar-refractivity contribution in [2.24, 2.45) is 0 Å². The lowest BCUT2D eigenvalue weighted by Crippen LogP contribution is -2.23. The maximum Gasteiger partial charge on any atom is 0.224 e. The highest BCUT2D eigenvalue weighted by molar-refractivity contribution is 14.1. The number of allylic oxidation sites excluding steroid dienone is 4. The van der Waals surface area contributed by atoms with Crippen LogP contribution in [0.2, 0.25) is 0 Å². The maximum absolute atomic E-state index is 12.7. The van der Waals surface area contributed by atoms with Gasteiger partial charge >= 0.3 is 0 Å². The van der Waals surface area contributed by atoms with Crippen molar-refractivity contribution in [1.29, 1.82) is 0 Å². The minimum Gasteiger partial charge on any atom is -0.493 e. The Bertz CT molecular complexity index is 1170. The first-order valence-electron chi connectivity index (χ1n) is 11.2. The first-order valence-corrected chi connectivity index (χ1v) is 12.3. The van der Waals surface area contributed by atoms with E-state index in [2.05, 4.69) is 58.8 Å². The Labute approximate surface area is 220 Å². The van der Waals surface area contributed by atoms with Crippen molar-refractivity contribution in [3.63, 3.8) is 0 Å². The Balaban J connectivity index is 2.02. The Morgan fingerprint density at radius 3 is 2.49 bits per heavy atom. The number of nitrogens with one attached hydrogen (secondary N) is 1. The fourth-order valence-electron chi connectivity index (χ4n) is 3.98. The summed E-state index contributed by atoms with van der Waals surface area (Å²) in [5.41, 5.74) is 6.12. The van der Waals surface area contributed by atoms with E-state index in [1.165, 1.54) is 0 Å². The standard InChI is InChI=1S/C28H30INO5/c1-5-6-7-10-30-27(32)17-23-18(2)22(21-9-8-20(29)16-24(21)23)13-19-14-25(33-3)28(35-12-11-31)26(15-19)34-4/h5-9,13-16,31H,1,10-12,17H2,2-4H3,(H,30,32)/b7-6?,22-13-. The van der Waals surface area contributed by atoms with Crippen molar-refractivity contribution < 1.29 is 24.1 Å². The third-order valence-electron chi connectivity index (χ3n) is 5.61. The van der Waals surface area contributed by atoms with Crippen LogP contribution in [0.25, 0.3) is 17.2 Å². The summed E-state index contributed by atoms with van der Waals surface area (Å²) in [5, 5.41) is 12.1. The van der Waals surface area contributed by atoms with E-state index < -0.39 is 0 Å². The Kier molecular flexibility index (Phi) is 9.56. The number of carbonyl (C=O) groups excluding carboxylic acids is 1. The normalized spacial score (nSPS) is 13.8. The third-order valence-corrected chi connectivity index (χ3v) is 6.28. The fraction of sp³-hybridized carbons (Fsp3) is 0.250. The van der Waals surface area contributed by atoms with Crippen LogP contribution < -0.4 is 19.5 Å². The number of halogens is 1. The van der Waals surface area contributed by atoms with Gasteiger partial charge in [-0.1, -0.05) is 30.9 Å². The second kappa shape index (κ2) is 12.6. The van der Waals surface area contributed by atoms with Crippen molar-refractivity contribution in [1.82, 2.24) is 5.32 Å². The molecule has 0 aliphatic heterocycles. The molecule has 0 radical (unpaired) electrons. The molecule has 2 aromatic carbocycles. The van der Waals surface area contributed by atoms with Crippen LogP contribution in [0.3, 0.4) is 0 Å². The number of benzene rings is 2. The summed E-state index contributed by atoms with van der Waals surface area (Å²) in [6.45, 7) is 6.17. The molecule has 0 aromatic heterocycles. The Morgan fingerprint density at radius 2 is 1.86 bits per heavy atom. The summed E-state index contributed by atoms with van der Waals surface area (Å²) < 4.78 is 17.8. The van der Waals surface area contributed by atoms with E-state index in [4.69, 9.17) is 19.3 Å². The van der Waals surface area contributed by atoms with Gasteiger partial charge in [-0.25, -0.2) is 0 Å². The summed E-state index contributed by atoms with van der Waals surface area (Å²) in [6, 6.07) is 10.0. The number of ether oxygens (including phenoxy) is 3. The lowest BCUT2D eigenvalue weighted by Gasteiger charge is -2.15. The van der Waals surface area contributed by atoms with Gasteiger partial charge in [0.1, 0.15) is 6.61 Å². The summed E-state index contributed by atoms with van der Waals surface area (Å²) in [4.78, 5) is 12.7. The molecule has 0 unspecified atom stereocenters. The minimum absolute atomic E-state index is 0.0344. The van der Waals surface area contributed by atoms with Gasteiger partial charge < -0.3 is 24.6 Å². The van der Waals surface area contributed by atoms with Crippen molar-refractivity contribution >= 4 is 45.7 Å². The predicted octanol–water partition coefficient (Wildman–Crippen LogP) is 5.26. The molecule has 0 atom stereocenters. The lowest BCUT2D eigenvalue weighted by molar-refractivity contribution is -0.119. The van der Waals surface area contributed by atoms with Crippen LogP contribution in [0.15, 0.2) is 60.7 Å². The molecule has 6 nitrogen and oxygen atoms in total. The van der Waals surface area contributed by atoms with Gasteiger partial charge in [0.25, 0.3) is 0 Å². The van der Waals surface area contributed by atoms with Crippen LogP contribution in [0.5, 0.6) is 17.2 Å². The zero-order valence-corrected chi connectivity index (χ0v) is 22.3. The number of fused-ring (bicyclic) bond motifs is 1. The summed E-state index contributed by atoms with van der Waals surface area (Å²) in [7, 11) is 3.13. The van der Waals surface area contributed by atoms with E-state index in [0.717, 1.165) is 37.0 Å². The summed E-state index contributed by atoms with van der Waals surface area (Å²) >= 11 is 2.29. The molecule has 1 aliphatic carbocycles. The monoisotopic (exact) mass is 587 g/mol. The average Bonchev–Trinajstić information content (AvgIpc) is 3.10. The zero-order chi connectivity index (χ0) is 25.4. The molecule has 0 saturated carbocycles. The summed E-state index contributed by atoms with van der Waals surface area (Å²) in [5.74, 6) is 1.44. The Hall–Kier alpha value is -3.04. The number of aliphatic hydroxyl groups excluding tert-OH is 1. The number of hydrogen-bond donors (Lipinski definition) is 2. The Morgan fingerprint density at radius 1 is 1.14 bits per heavy atom. The second-order valence-electron chi connectivity index (χ2n) is 7.82. The number of amides is 1. The summed E-state index contributed by atoms with van der Waals surface area (Å²) in [6.07, 6.45) is 7.71. The maximum atomic E-state index is 12.7. The topological polar surface area (TPSA) is 77.0 Å². The highest BCUT2D eigenvalue weighted by Crippen LogP contribution is 2.45. The van der Waals surface area contributed by atoms with E-state index in [1.54, 1.807) is 20.3 Å². The zero-order valence-electron chi connectivity index (χ0n) is 20.2. The third kappa shape index (κ3) is 6.35. The van der Waals surface area contributed by atoms with Gasteiger partial charge in [-0.3, -0.25) is 4.79 Å². The highest BCUT2D eigenvalue weighted by Gasteiger charge is 2.26. The molecule has 184 valence electrons. The van der Waals surface area contributed by atoms with Gasteiger partial charge in [-0.15, -0.1) is 0 Å². The quantitative estimate of drug-likeness (QED) is 0.277. The molecular weight excluding hydrogens is 557 g/mol. The first-order chi connectivity index (χ1) is 16.9. The number of rotatable bonds is 11. The minimum atomic E-state index is -0.113. The largest absolute Gasteiger partial charge is 0.493 e. The van der Waals surface area contributed by atoms with Gasteiger partial charge in [0.2, 0.25) is 11.7 Å². The lowest BCUT2D eigenvalue weighted by atomic mass is 10.0. The molecule has 1 amide bonds. The number of aliphatic hydroxyl groups is 1. The SMILES string of the molecule is C=CC=CCNC(=O)CC1=C(C)/C(=C/c2cc(OC)c(OCCO)c(OC)c2)c2ccc(I)cc21. The van der Waals surface area contributed by atoms with Gasteiger partial charge in [0.15, 0.2) is 11.5 Å². The van der Waals surface area contributed by atoms with Crippen molar-refractivity contribution in [3.8, 4) is 17.2 Å². The van der Waals surface area contributed by atoms with Gasteiger partial charge in [0.05, 0.1) is 27.2 Å². The number of carbonyl (C=O) groups is 1. The molecule has 3 rings (SSSR count). The van der Waals surface area contributed by atoms with Crippen LogP contribution in [-0.2, 0) is 4.79 Å². The molecular formula is C28H30INO5. The van der Waals surface area contributed by atoms with Crippen LogP contribution in [0, 0.1) is 3.57 Å². The number of methoxy groups -OCH3 is 2. The molecule has 0 bridgehead atoms. The van der Waals surface area contributed by atoms with Crippen LogP contribution in [0.4, 0.5) is 0 Å². The molecule has 0 saturated heterocycles. The average molecular weight is 587 g/mol. The molecule has 0 heterocycles. The predicted molar refractivity (Wildman–Crippen MR) is 149 cm³/mol. The van der Waals surface area contributed by atoms with Crippen molar-refractivity contribution in [2.45, 2.75) is 13.3 Å². The molecule has 7 heteroatoms. The molecule has 2 aromatic rings. The number of hydrogen-bond acceptors (Lipinski definition) is 5. The molecule has 1 aliphatic rings. The fourth-order valence-corrected chi connectivity index (χ4v) is 4.47. The van der Waals surface area contributed by atoms with Gasteiger partial charge in [-0.05, 0) is 93.3 Å². The van der Waals surface area contributed by atoms with E-state index in [9.17, 15) is 4.79 Å². The first kappa shape index (κ1) is 26.6. The van der Waals surface area contributed by atoms with E-state index in [-0.39, 0.29) is 19.1 Å². The van der Waals surface area contributed by atoms with Gasteiger partial charge in [0, 0.05) is 10.1 Å².